The zero-order chi connectivity index (χ0) is 24.7. The Kier molecular flexibility index (Phi) is 9.00. The maximum atomic E-state index is 12.6. The van der Waals surface area contributed by atoms with E-state index in [1.54, 1.807) is 36.4 Å². The zero-order valence-corrected chi connectivity index (χ0v) is 21.6. The topological polar surface area (TPSA) is 71.3 Å². The Balaban J connectivity index is 1.84. The molecule has 3 aromatic rings. The van der Waals surface area contributed by atoms with Crippen LogP contribution in [0.1, 0.15) is 23.6 Å². The Bertz CT molecular complexity index is 1270. The van der Waals surface area contributed by atoms with E-state index < -0.39 is 5.91 Å². The molecule has 3 rings (SSSR count). The first kappa shape index (κ1) is 25.6. The van der Waals surface area contributed by atoms with Gasteiger partial charge in [0.15, 0.2) is 11.5 Å². The summed E-state index contributed by atoms with van der Waals surface area (Å²) in [5.41, 5.74) is 3.07. The number of amides is 1. The molecule has 1 N–H and O–H groups in total. The second kappa shape index (κ2) is 11.9. The number of halogens is 3. The monoisotopic (exact) mass is 558 g/mol. The predicted molar refractivity (Wildman–Crippen MR) is 140 cm³/mol. The molecular formula is C26H21BrCl2N2O3. The van der Waals surface area contributed by atoms with E-state index in [0.29, 0.717) is 43.9 Å². The van der Waals surface area contributed by atoms with Crippen LogP contribution < -0.4 is 14.8 Å². The molecule has 0 saturated heterocycles. The Labute approximate surface area is 217 Å². The molecule has 8 heteroatoms. The summed E-state index contributed by atoms with van der Waals surface area (Å²) in [5.74, 6) is 0.476. The number of nitrogens with one attached hydrogen (secondary N) is 1. The highest BCUT2D eigenvalue weighted by Crippen LogP contribution is 2.36. The van der Waals surface area contributed by atoms with Gasteiger partial charge in [-0.15, -0.1) is 0 Å². The van der Waals surface area contributed by atoms with Crippen molar-refractivity contribution in [3.05, 3.63) is 91.4 Å². The van der Waals surface area contributed by atoms with Crippen LogP contribution in [0.25, 0.3) is 6.08 Å². The summed E-state index contributed by atoms with van der Waals surface area (Å²) in [6.07, 6.45) is 1.50. The first-order chi connectivity index (χ1) is 16.3. The number of aryl methyl sites for hydroxylation is 1. The minimum Gasteiger partial charge on any atom is -0.490 e. The molecule has 0 saturated carbocycles. The molecule has 174 valence electrons. The minimum atomic E-state index is -0.504. The molecule has 34 heavy (non-hydrogen) atoms. The van der Waals surface area contributed by atoms with Crippen molar-refractivity contribution in [3.63, 3.8) is 0 Å². The number of rotatable bonds is 8. The number of carbonyl (C=O) groups excluding carboxylic acids is 1. The van der Waals surface area contributed by atoms with Gasteiger partial charge in [0.05, 0.1) is 16.7 Å². The third kappa shape index (κ3) is 6.77. The van der Waals surface area contributed by atoms with Gasteiger partial charge >= 0.3 is 0 Å². The molecule has 3 aromatic carbocycles. The smallest absolute Gasteiger partial charge is 0.266 e. The molecule has 0 fully saturated rings. The van der Waals surface area contributed by atoms with Gasteiger partial charge < -0.3 is 14.8 Å². The fraction of sp³-hybridized carbons (Fsp3) is 0.154. The number of ether oxygens (including phenoxy) is 2. The lowest BCUT2D eigenvalue weighted by molar-refractivity contribution is -0.112. The normalized spacial score (nSPS) is 11.0. The lowest BCUT2D eigenvalue weighted by Gasteiger charge is -2.14. The van der Waals surface area contributed by atoms with E-state index >= 15 is 0 Å². The molecule has 0 radical (unpaired) electrons. The van der Waals surface area contributed by atoms with E-state index in [1.807, 2.05) is 38.1 Å². The van der Waals surface area contributed by atoms with E-state index in [-0.39, 0.29) is 12.2 Å². The quantitative estimate of drug-likeness (QED) is 0.228. The van der Waals surface area contributed by atoms with Gasteiger partial charge in [-0.3, -0.25) is 4.79 Å². The van der Waals surface area contributed by atoms with Crippen LogP contribution in [0.2, 0.25) is 10.0 Å². The molecule has 0 spiro atoms. The van der Waals surface area contributed by atoms with Crippen LogP contribution in [0.15, 0.2) is 64.6 Å². The molecule has 0 aliphatic heterocycles. The van der Waals surface area contributed by atoms with Gasteiger partial charge in [-0.05, 0) is 67.4 Å². The van der Waals surface area contributed by atoms with Crippen LogP contribution in [-0.2, 0) is 11.4 Å². The van der Waals surface area contributed by atoms with E-state index in [2.05, 4.69) is 21.2 Å². The van der Waals surface area contributed by atoms with Crippen molar-refractivity contribution in [2.75, 3.05) is 11.9 Å². The predicted octanol–water partition coefficient (Wildman–Crippen LogP) is 7.59. The highest BCUT2D eigenvalue weighted by atomic mass is 79.9. The highest BCUT2D eigenvalue weighted by molar-refractivity contribution is 9.10. The number of carbonyl (C=O) groups is 1. The second-order valence-corrected chi connectivity index (χ2v) is 8.95. The Morgan fingerprint density at radius 3 is 2.41 bits per heavy atom. The number of nitriles is 1. The number of nitrogens with zero attached hydrogens (tertiary/aromatic N) is 1. The minimum absolute atomic E-state index is 0.0480. The molecule has 0 atom stereocenters. The number of hydrogen-bond acceptors (Lipinski definition) is 4. The van der Waals surface area contributed by atoms with Crippen LogP contribution in [0, 0.1) is 18.3 Å². The van der Waals surface area contributed by atoms with Gasteiger partial charge in [0, 0.05) is 10.2 Å². The summed E-state index contributed by atoms with van der Waals surface area (Å²) in [6.45, 7) is 4.47. The average Bonchev–Trinajstić information content (AvgIpc) is 2.81. The van der Waals surface area contributed by atoms with Gasteiger partial charge in [-0.1, -0.05) is 62.9 Å². The van der Waals surface area contributed by atoms with Gasteiger partial charge in [-0.2, -0.15) is 5.26 Å². The summed E-state index contributed by atoms with van der Waals surface area (Å²) in [7, 11) is 0. The zero-order valence-electron chi connectivity index (χ0n) is 18.5. The summed E-state index contributed by atoms with van der Waals surface area (Å²) in [4.78, 5) is 12.6. The summed E-state index contributed by atoms with van der Waals surface area (Å²) in [6, 6.07) is 18.0. The van der Waals surface area contributed by atoms with Crippen LogP contribution in [-0.4, -0.2) is 12.5 Å². The average molecular weight is 560 g/mol. The van der Waals surface area contributed by atoms with Crippen molar-refractivity contribution in [1.29, 1.82) is 5.26 Å². The van der Waals surface area contributed by atoms with E-state index in [4.69, 9.17) is 32.7 Å². The molecular weight excluding hydrogens is 539 g/mol. The number of benzene rings is 3. The molecule has 0 unspecified atom stereocenters. The molecule has 0 aromatic heterocycles. The molecule has 0 aliphatic rings. The first-order valence-electron chi connectivity index (χ1n) is 10.3. The van der Waals surface area contributed by atoms with E-state index in [9.17, 15) is 10.1 Å². The van der Waals surface area contributed by atoms with Gasteiger partial charge in [0.25, 0.3) is 5.91 Å². The molecule has 0 heterocycles. The van der Waals surface area contributed by atoms with Crippen LogP contribution in [0.5, 0.6) is 11.5 Å². The Morgan fingerprint density at radius 1 is 1.06 bits per heavy atom. The van der Waals surface area contributed by atoms with E-state index in [1.165, 1.54) is 6.08 Å². The SMILES string of the molecule is CCOc1cc(/C=C(\C#N)C(=O)Nc2ccc(C)cc2)c(Br)cc1OCc1ccc(Cl)c(Cl)c1. The van der Waals surface area contributed by atoms with Crippen molar-refractivity contribution in [1.82, 2.24) is 0 Å². The van der Waals surface area contributed by atoms with E-state index in [0.717, 1.165) is 11.1 Å². The summed E-state index contributed by atoms with van der Waals surface area (Å²) < 4.78 is 12.3. The fourth-order valence-electron chi connectivity index (χ4n) is 2.97. The standard InChI is InChI=1S/C26H21BrCl2N2O3/c1-3-33-24-12-18(11-19(14-30)26(32)31-20-7-4-16(2)5-8-20)21(27)13-25(24)34-15-17-6-9-22(28)23(29)10-17/h4-13H,3,15H2,1-2H3,(H,31,32)/b19-11+. The van der Waals surface area contributed by atoms with Crippen LogP contribution in [0.3, 0.4) is 0 Å². The first-order valence-corrected chi connectivity index (χ1v) is 11.9. The lowest BCUT2D eigenvalue weighted by Crippen LogP contribution is -2.13. The van der Waals surface area contributed by atoms with Crippen LogP contribution >= 0.6 is 39.1 Å². The lowest BCUT2D eigenvalue weighted by atomic mass is 10.1. The van der Waals surface area contributed by atoms with Gasteiger partial charge in [0.2, 0.25) is 0 Å². The Hall–Kier alpha value is -2.98. The third-order valence-electron chi connectivity index (χ3n) is 4.72. The maximum absolute atomic E-state index is 12.6. The van der Waals surface area contributed by atoms with Gasteiger partial charge in [-0.25, -0.2) is 0 Å². The number of anilines is 1. The fourth-order valence-corrected chi connectivity index (χ4v) is 3.73. The summed E-state index contributed by atoms with van der Waals surface area (Å²) >= 11 is 15.6. The molecule has 1 amide bonds. The maximum Gasteiger partial charge on any atom is 0.266 e. The van der Waals surface area contributed by atoms with Crippen molar-refractivity contribution < 1.29 is 14.3 Å². The summed E-state index contributed by atoms with van der Waals surface area (Å²) in [5, 5.41) is 13.2. The van der Waals surface area contributed by atoms with Crippen molar-refractivity contribution >= 4 is 56.8 Å². The van der Waals surface area contributed by atoms with Crippen LogP contribution in [0.4, 0.5) is 5.69 Å². The van der Waals surface area contributed by atoms with Crippen molar-refractivity contribution in [2.24, 2.45) is 0 Å². The largest absolute Gasteiger partial charge is 0.490 e. The third-order valence-corrected chi connectivity index (χ3v) is 6.14. The van der Waals surface area contributed by atoms with Gasteiger partial charge in [0.1, 0.15) is 18.2 Å². The van der Waals surface area contributed by atoms with Crippen molar-refractivity contribution in [3.8, 4) is 17.6 Å². The molecule has 0 aliphatic carbocycles. The Morgan fingerprint density at radius 2 is 1.76 bits per heavy atom. The van der Waals surface area contributed by atoms with Crippen molar-refractivity contribution in [2.45, 2.75) is 20.5 Å². The second-order valence-electron chi connectivity index (χ2n) is 7.28. The highest BCUT2D eigenvalue weighted by Gasteiger charge is 2.14. The number of hydrogen-bond donors (Lipinski definition) is 1. The molecule has 5 nitrogen and oxygen atoms in total. The molecule has 0 bridgehead atoms.